The van der Waals surface area contributed by atoms with Crippen LogP contribution in [0.15, 0.2) is 29.3 Å². The average molecular weight is 293 g/mol. The van der Waals surface area contributed by atoms with Gasteiger partial charge in [0.2, 0.25) is 0 Å². The standard InChI is InChI=1S/C16H27N3O2/c1-6-17-15(19-12-16(2,3)21-5)18-11-13-9-7-8-10-14(13)20-4/h7-10H,6,11-12H2,1-5H3,(H2,17,18,19). The summed E-state index contributed by atoms with van der Waals surface area (Å²) in [7, 11) is 3.38. The minimum atomic E-state index is -0.235. The summed E-state index contributed by atoms with van der Waals surface area (Å²) in [6, 6.07) is 7.91. The van der Waals surface area contributed by atoms with Gasteiger partial charge in [-0.2, -0.15) is 0 Å². The highest BCUT2D eigenvalue weighted by Crippen LogP contribution is 2.17. The molecule has 1 aromatic rings. The van der Waals surface area contributed by atoms with Crippen molar-refractivity contribution < 1.29 is 9.47 Å². The summed E-state index contributed by atoms with van der Waals surface area (Å²) >= 11 is 0. The lowest BCUT2D eigenvalue weighted by Gasteiger charge is -2.24. The zero-order chi connectivity index (χ0) is 15.7. The van der Waals surface area contributed by atoms with Crippen LogP contribution in [0.5, 0.6) is 5.75 Å². The Morgan fingerprint density at radius 2 is 1.90 bits per heavy atom. The van der Waals surface area contributed by atoms with Crippen molar-refractivity contribution in [2.45, 2.75) is 32.9 Å². The SMILES string of the molecule is CCNC(=NCc1ccccc1OC)NCC(C)(C)OC. The third-order valence-electron chi connectivity index (χ3n) is 3.18. The summed E-state index contributed by atoms with van der Waals surface area (Å²) in [5, 5.41) is 6.52. The summed E-state index contributed by atoms with van der Waals surface area (Å²) in [5.41, 5.74) is 0.823. The van der Waals surface area contributed by atoms with E-state index in [1.54, 1.807) is 14.2 Å². The number of benzene rings is 1. The largest absolute Gasteiger partial charge is 0.496 e. The molecule has 0 radical (unpaired) electrons. The predicted octanol–water partition coefficient (Wildman–Crippen LogP) is 2.18. The zero-order valence-electron chi connectivity index (χ0n) is 13.7. The van der Waals surface area contributed by atoms with Gasteiger partial charge in [0.15, 0.2) is 5.96 Å². The second-order valence-corrected chi connectivity index (χ2v) is 5.32. The smallest absolute Gasteiger partial charge is 0.191 e. The third kappa shape index (κ3) is 6.04. The van der Waals surface area contributed by atoms with Crippen LogP contribution < -0.4 is 15.4 Å². The molecule has 0 amide bonds. The van der Waals surface area contributed by atoms with E-state index in [9.17, 15) is 0 Å². The van der Waals surface area contributed by atoms with Gasteiger partial charge in [0.25, 0.3) is 0 Å². The fourth-order valence-corrected chi connectivity index (χ4v) is 1.71. The minimum absolute atomic E-state index is 0.235. The molecule has 0 unspecified atom stereocenters. The number of rotatable bonds is 7. The van der Waals surface area contributed by atoms with Crippen LogP contribution in [-0.2, 0) is 11.3 Å². The number of aliphatic imine (C=N–C) groups is 1. The summed E-state index contributed by atoms with van der Waals surface area (Å²) < 4.78 is 10.7. The molecule has 1 rings (SSSR count). The van der Waals surface area contributed by atoms with E-state index in [1.165, 1.54) is 0 Å². The molecule has 0 heterocycles. The molecule has 2 N–H and O–H groups in total. The van der Waals surface area contributed by atoms with Crippen molar-refractivity contribution >= 4 is 5.96 Å². The molecule has 0 aliphatic heterocycles. The minimum Gasteiger partial charge on any atom is -0.496 e. The first-order valence-corrected chi connectivity index (χ1v) is 7.21. The normalized spacial score (nSPS) is 12.1. The molecule has 1 aromatic carbocycles. The Morgan fingerprint density at radius 1 is 1.19 bits per heavy atom. The molecule has 5 nitrogen and oxygen atoms in total. The number of nitrogens with one attached hydrogen (secondary N) is 2. The van der Waals surface area contributed by atoms with Crippen molar-refractivity contribution in [3.05, 3.63) is 29.8 Å². The van der Waals surface area contributed by atoms with Gasteiger partial charge >= 0.3 is 0 Å². The van der Waals surface area contributed by atoms with Crippen molar-refractivity contribution in [1.82, 2.24) is 10.6 Å². The number of guanidine groups is 1. The lowest BCUT2D eigenvalue weighted by Crippen LogP contribution is -2.45. The van der Waals surface area contributed by atoms with Gasteiger partial charge < -0.3 is 20.1 Å². The molecule has 0 aliphatic rings. The number of hydrogen-bond donors (Lipinski definition) is 2. The van der Waals surface area contributed by atoms with Crippen LogP contribution in [0.3, 0.4) is 0 Å². The number of methoxy groups -OCH3 is 2. The molecule has 118 valence electrons. The van der Waals surface area contributed by atoms with Gasteiger partial charge in [-0.25, -0.2) is 4.99 Å². The Balaban J connectivity index is 2.71. The van der Waals surface area contributed by atoms with Crippen LogP contribution in [0.2, 0.25) is 0 Å². The van der Waals surface area contributed by atoms with Crippen LogP contribution >= 0.6 is 0 Å². The molecule has 0 saturated heterocycles. The average Bonchev–Trinajstić information content (AvgIpc) is 2.50. The van der Waals surface area contributed by atoms with Gasteiger partial charge in [-0.1, -0.05) is 18.2 Å². The van der Waals surface area contributed by atoms with Gasteiger partial charge in [-0.15, -0.1) is 0 Å². The van der Waals surface area contributed by atoms with E-state index in [2.05, 4.69) is 15.6 Å². The highest BCUT2D eigenvalue weighted by Gasteiger charge is 2.16. The van der Waals surface area contributed by atoms with E-state index in [1.807, 2.05) is 45.0 Å². The number of nitrogens with zero attached hydrogens (tertiary/aromatic N) is 1. The van der Waals surface area contributed by atoms with E-state index in [4.69, 9.17) is 9.47 Å². The van der Waals surface area contributed by atoms with Crippen molar-refractivity contribution in [3.63, 3.8) is 0 Å². The molecule has 0 aliphatic carbocycles. The first-order chi connectivity index (χ1) is 10.0. The van der Waals surface area contributed by atoms with Gasteiger partial charge in [0, 0.05) is 25.8 Å². The molecule has 0 fully saturated rings. The predicted molar refractivity (Wildman–Crippen MR) is 86.9 cm³/mol. The maximum atomic E-state index is 5.40. The van der Waals surface area contributed by atoms with Crippen molar-refractivity contribution in [1.29, 1.82) is 0 Å². The van der Waals surface area contributed by atoms with E-state index in [0.29, 0.717) is 13.1 Å². The van der Waals surface area contributed by atoms with E-state index in [-0.39, 0.29) is 5.60 Å². The van der Waals surface area contributed by atoms with Gasteiger partial charge in [-0.05, 0) is 26.8 Å². The molecule has 0 bridgehead atoms. The number of ether oxygens (including phenoxy) is 2. The van der Waals surface area contributed by atoms with E-state index >= 15 is 0 Å². The Morgan fingerprint density at radius 3 is 2.52 bits per heavy atom. The second-order valence-electron chi connectivity index (χ2n) is 5.32. The third-order valence-corrected chi connectivity index (χ3v) is 3.18. The molecular formula is C16H27N3O2. The monoisotopic (exact) mass is 293 g/mol. The Hall–Kier alpha value is -1.75. The molecule has 0 aromatic heterocycles. The first-order valence-electron chi connectivity index (χ1n) is 7.21. The second kappa shape index (κ2) is 8.52. The number of para-hydroxylation sites is 1. The Kier molecular flexibility index (Phi) is 7.02. The Labute approximate surface area is 127 Å². The van der Waals surface area contributed by atoms with Gasteiger partial charge in [-0.3, -0.25) is 0 Å². The fourth-order valence-electron chi connectivity index (χ4n) is 1.71. The van der Waals surface area contributed by atoms with Gasteiger partial charge in [0.1, 0.15) is 5.75 Å². The van der Waals surface area contributed by atoms with Crippen LogP contribution in [0.1, 0.15) is 26.3 Å². The summed E-state index contributed by atoms with van der Waals surface area (Å²) in [6.45, 7) is 8.16. The maximum absolute atomic E-state index is 5.40. The lowest BCUT2D eigenvalue weighted by atomic mass is 10.1. The van der Waals surface area contributed by atoms with Gasteiger partial charge in [0.05, 0.1) is 19.3 Å². The molecule has 0 atom stereocenters. The van der Waals surface area contributed by atoms with E-state index in [0.717, 1.165) is 23.8 Å². The lowest BCUT2D eigenvalue weighted by molar-refractivity contribution is 0.0268. The Bertz CT molecular complexity index is 459. The quantitative estimate of drug-likeness (QED) is 0.597. The summed E-state index contributed by atoms with van der Waals surface area (Å²) in [6.07, 6.45) is 0. The van der Waals surface area contributed by atoms with Crippen molar-refractivity contribution in [3.8, 4) is 5.75 Å². The van der Waals surface area contributed by atoms with Crippen LogP contribution in [-0.4, -0.2) is 38.9 Å². The molecule has 21 heavy (non-hydrogen) atoms. The molecule has 5 heteroatoms. The molecular weight excluding hydrogens is 266 g/mol. The fraction of sp³-hybridized carbons (Fsp3) is 0.562. The highest BCUT2D eigenvalue weighted by atomic mass is 16.5. The zero-order valence-corrected chi connectivity index (χ0v) is 13.7. The van der Waals surface area contributed by atoms with Crippen LogP contribution in [0.25, 0.3) is 0 Å². The summed E-state index contributed by atoms with van der Waals surface area (Å²) in [5.74, 6) is 1.63. The number of hydrogen-bond acceptors (Lipinski definition) is 3. The van der Waals surface area contributed by atoms with Crippen molar-refractivity contribution in [2.75, 3.05) is 27.3 Å². The molecule has 0 spiro atoms. The van der Waals surface area contributed by atoms with Crippen LogP contribution in [0, 0.1) is 0 Å². The molecule has 0 saturated carbocycles. The summed E-state index contributed by atoms with van der Waals surface area (Å²) in [4.78, 5) is 4.59. The van der Waals surface area contributed by atoms with E-state index < -0.39 is 0 Å². The van der Waals surface area contributed by atoms with Crippen LogP contribution in [0.4, 0.5) is 0 Å². The maximum Gasteiger partial charge on any atom is 0.191 e. The van der Waals surface area contributed by atoms with Crippen molar-refractivity contribution in [2.24, 2.45) is 4.99 Å². The highest BCUT2D eigenvalue weighted by molar-refractivity contribution is 5.79. The first kappa shape index (κ1) is 17.3. The topological polar surface area (TPSA) is 54.9 Å².